The number of sulfonamides is 1. The molecule has 0 aliphatic rings. The Labute approximate surface area is 213 Å². The number of carbonyl (C=O) groups excluding carboxylic acids is 1. The molecule has 0 saturated carbocycles. The molecule has 3 aromatic carbocycles. The number of nitrogens with zero attached hydrogens (tertiary/aromatic N) is 1. The molecule has 1 amide bonds. The highest BCUT2D eigenvalue weighted by Gasteiger charge is 2.31. The van der Waals surface area contributed by atoms with Crippen molar-refractivity contribution in [1.29, 1.82) is 0 Å². The summed E-state index contributed by atoms with van der Waals surface area (Å²) in [4.78, 5) is 13.2. The number of rotatable bonds is 10. The van der Waals surface area contributed by atoms with Crippen molar-refractivity contribution in [2.75, 3.05) is 17.5 Å². The standard InChI is InChI=1S/C25H25BrClNO5S/c1-3-5-18-6-15-24(23(26)16-18)33-17-25(29)28(20-9-11-21(12-10-20)32-4-2)34(30,31)22-13-7-19(27)8-14-22/h6-16H,3-5,17H2,1-2H3. The van der Waals surface area contributed by atoms with Gasteiger partial charge in [-0.1, -0.05) is 31.0 Å². The maximum Gasteiger partial charge on any atom is 0.278 e. The van der Waals surface area contributed by atoms with Gasteiger partial charge in [-0.15, -0.1) is 0 Å². The lowest BCUT2D eigenvalue weighted by atomic mass is 10.1. The van der Waals surface area contributed by atoms with Crippen molar-refractivity contribution in [1.82, 2.24) is 0 Å². The maximum atomic E-state index is 13.5. The van der Waals surface area contributed by atoms with Crippen molar-refractivity contribution >= 4 is 49.1 Å². The van der Waals surface area contributed by atoms with Gasteiger partial charge in [-0.25, -0.2) is 8.42 Å². The summed E-state index contributed by atoms with van der Waals surface area (Å²) in [5.74, 6) is 0.266. The van der Waals surface area contributed by atoms with Crippen LogP contribution in [0.1, 0.15) is 25.8 Å². The largest absolute Gasteiger partial charge is 0.494 e. The van der Waals surface area contributed by atoms with Gasteiger partial charge in [-0.2, -0.15) is 4.31 Å². The van der Waals surface area contributed by atoms with Gasteiger partial charge in [0.15, 0.2) is 6.61 Å². The fourth-order valence-electron chi connectivity index (χ4n) is 3.28. The Morgan fingerprint density at radius 3 is 2.24 bits per heavy atom. The number of amides is 1. The summed E-state index contributed by atoms with van der Waals surface area (Å²) in [7, 11) is -4.23. The lowest BCUT2D eigenvalue weighted by Crippen LogP contribution is -2.40. The predicted molar refractivity (Wildman–Crippen MR) is 137 cm³/mol. The summed E-state index contributed by atoms with van der Waals surface area (Å²) >= 11 is 9.38. The Kier molecular flexibility index (Phi) is 8.99. The number of anilines is 1. The normalized spacial score (nSPS) is 11.2. The van der Waals surface area contributed by atoms with Gasteiger partial charge in [-0.3, -0.25) is 4.79 Å². The van der Waals surface area contributed by atoms with Crippen LogP contribution in [0.3, 0.4) is 0 Å². The SMILES string of the molecule is CCCc1ccc(OCC(=O)N(c2ccc(OCC)cc2)S(=O)(=O)c2ccc(Cl)cc2)c(Br)c1. The molecule has 0 atom stereocenters. The highest BCUT2D eigenvalue weighted by atomic mass is 79.9. The van der Waals surface area contributed by atoms with Crippen LogP contribution in [0.25, 0.3) is 0 Å². The Hall–Kier alpha value is -2.55. The van der Waals surface area contributed by atoms with Crippen molar-refractivity contribution in [3.63, 3.8) is 0 Å². The van der Waals surface area contributed by atoms with Crippen LogP contribution in [0.4, 0.5) is 5.69 Å². The first-order chi connectivity index (χ1) is 16.3. The zero-order valence-corrected chi connectivity index (χ0v) is 22.0. The van der Waals surface area contributed by atoms with E-state index in [-0.39, 0.29) is 10.6 Å². The molecule has 9 heteroatoms. The smallest absolute Gasteiger partial charge is 0.278 e. The Morgan fingerprint density at radius 2 is 1.65 bits per heavy atom. The van der Waals surface area contributed by atoms with Crippen LogP contribution in [0, 0.1) is 0 Å². The molecule has 0 N–H and O–H groups in total. The Balaban J connectivity index is 1.91. The van der Waals surface area contributed by atoms with Crippen molar-refractivity contribution in [3.8, 4) is 11.5 Å². The number of ether oxygens (including phenoxy) is 2. The first-order valence-electron chi connectivity index (χ1n) is 10.7. The minimum atomic E-state index is -4.23. The maximum absolute atomic E-state index is 13.5. The van der Waals surface area contributed by atoms with Crippen LogP contribution in [0.15, 0.2) is 76.1 Å². The topological polar surface area (TPSA) is 72.9 Å². The van der Waals surface area contributed by atoms with Crippen molar-refractivity contribution in [2.45, 2.75) is 31.6 Å². The molecular weight excluding hydrogens is 542 g/mol. The summed E-state index contributed by atoms with van der Waals surface area (Å²) in [6.45, 7) is 3.92. The number of aryl methyl sites for hydroxylation is 1. The van der Waals surface area contributed by atoms with Crippen molar-refractivity contribution < 1.29 is 22.7 Å². The van der Waals surface area contributed by atoms with Crippen molar-refractivity contribution in [2.24, 2.45) is 0 Å². The Morgan fingerprint density at radius 1 is 0.971 bits per heavy atom. The van der Waals surface area contributed by atoms with E-state index in [0.29, 0.717) is 27.6 Å². The lowest BCUT2D eigenvalue weighted by molar-refractivity contribution is -0.119. The van der Waals surface area contributed by atoms with Gasteiger partial charge < -0.3 is 9.47 Å². The summed E-state index contributed by atoms with van der Waals surface area (Å²) in [6.07, 6.45) is 1.92. The average Bonchev–Trinajstić information content (AvgIpc) is 2.80. The van der Waals surface area contributed by atoms with Gasteiger partial charge in [0, 0.05) is 5.02 Å². The van der Waals surface area contributed by atoms with E-state index in [2.05, 4.69) is 22.9 Å². The molecule has 34 heavy (non-hydrogen) atoms. The quantitative estimate of drug-likeness (QED) is 0.290. The molecule has 0 spiro atoms. The number of carbonyl (C=O) groups is 1. The molecule has 0 unspecified atom stereocenters. The summed E-state index contributed by atoms with van der Waals surface area (Å²) in [6, 6.07) is 17.5. The van der Waals surface area contributed by atoms with E-state index in [1.807, 2.05) is 19.1 Å². The number of hydrogen-bond donors (Lipinski definition) is 0. The molecular formula is C25H25BrClNO5S. The minimum Gasteiger partial charge on any atom is -0.494 e. The van der Waals surface area contributed by atoms with Gasteiger partial charge in [0.2, 0.25) is 0 Å². The molecule has 3 rings (SSSR count). The zero-order chi connectivity index (χ0) is 24.7. The first-order valence-corrected chi connectivity index (χ1v) is 13.3. The molecule has 0 heterocycles. The summed E-state index contributed by atoms with van der Waals surface area (Å²) in [5, 5.41) is 0.387. The summed E-state index contributed by atoms with van der Waals surface area (Å²) in [5.41, 5.74) is 1.30. The monoisotopic (exact) mass is 565 g/mol. The van der Waals surface area contributed by atoms with Gasteiger partial charge >= 0.3 is 0 Å². The van der Waals surface area contributed by atoms with E-state index < -0.39 is 22.5 Å². The van der Waals surface area contributed by atoms with E-state index in [4.69, 9.17) is 21.1 Å². The van der Waals surface area contributed by atoms with E-state index in [1.165, 1.54) is 36.4 Å². The summed E-state index contributed by atoms with van der Waals surface area (Å²) < 4.78 is 39.5. The zero-order valence-electron chi connectivity index (χ0n) is 18.8. The van der Waals surface area contributed by atoms with E-state index in [1.54, 1.807) is 18.2 Å². The second kappa shape index (κ2) is 11.7. The van der Waals surface area contributed by atoms with Gasteiger partial charge in [0.1, 0.15) is 11.5 Å². The molecule has 6 nitrogen and oxygen atoms in total. The molecule has 180 valence electrons. The van der Waals surface area contributed by atoms with Gasteiger partial charge in [0.25, 0.3) is 15.9 Å². The van der Waals surface area contributed by atoms with Crippen LogP contribution in [0.5, 0.6) is 11.5 Å². The van der Waals surface area contributed by atoms with Crippen LogP contribution < -0.4 is 13.8 Å². The third kappa shape index (κ3) is 6.31. The number of halogens is 2. The van der Waals surface area contributed by atoms with E-state index in [0.717, 1.165) is 22.7 Å². The predicted octanol–water partition coefficient (Wildman–Crippen LogP) is 6.25. The molecule has 3 aromatic rings. The van der Waals surface area contributed by atoms with E-state index in [9.17, 15) is 13.2 Å². The van der Waals surface area contributed by atoms with Gasteiger partial charge in [0.05, 0.1) is 21.7 Å². The third-order valence-corrected chi connectivity index (χ3v) is 7.48. The number of benzene rings is 3. The minimum absolute atomic E-state index is 0.0655. The van der Waals surface area contributed by atoms with E-state index >= 15 is 0 Å². The Bertz CT molecular complexity index is 1230. The first kappa shape index (κ1) is 26.1. The average molecular weight is 567 g/mol. The fourth-order valence-corrected chi connectivity index (χ4v) is 5.35. The number of hydrogen-bond acceptors (Lipinski definition) is 5. The second-order valence-corrected chi connectivity index (χ2v) is 10.4. The molecule has 0 aromatic heterocycles. The molecule has 0 aliphatic heterocycles. The van der Waals surface area contributed by atoms with Crippen LogP contribution >= 0.6 is 27.5 Å². The molecule has 0 radical (unpaired) electrons. The lowest BCUT2D eigenvalue weighted by Gasteiger charge is -2.23. The molecule has 0 saturated heterocycles. The van der Waals surface area contributed by atoms with Gasteiger partial charge in [-0.05, 0) is 95.5 Å². The highest BCUT2D eigenvalue weighted by Crippen LogP contribution is 2.29. The molecule has 0 fully saturated rings. The van der Waals surface area contributed by atoms with Crippen LogP contribution in [-0.4, -0.2) is 27.5 Å². The fraction of sp³-hybridized carbons (Fsp3) is 0.240. The molecule has 0 bridgehead atoms. The highest BCUT2D eigenvalue weighted by molar-refractivity contribution is 9.10. The second-order valence-electron chi connectivity index (χ2n) is 7.35. The third-order valence-electron chi connectivity index (χ3n) is 4.85. The van der Waals surface area contributed by atoms with Crippen LogP contribution in [0.2, 0.25) is 5.02 Å². The van der Waals surface area contributed by atoms with Crippen LogP contribution in [-0.2, 0) is 21.2 Å². The van der Waals surface area contributed by atoms with Crippen molar-refractivity contribution in [3.05, 3.63) is 81.8 Å². The molecule has 0 aliphatic carbocycles.